The fourth-order valence-electron chi connectivity index (χ4n) is 4.34. The molecule has 4 aromatic rings. The Bertz CT molecular complexity index is 1330. The standard InChI is InChI=1S/C24H21ClF3N5O/c25-16-7-5-14(6-8-16)19-11-21(24(26,27)28)33-22(31-19)12-20(32-33)23(34)29-10-9-15-13-30-18-4-2-1-3-17(15)18/h1-8,12-13,19,21,30-31H,9-11H2,(H,29,34)/t19-,21-/m0/s1. The molecule has 0 spiro atoms. The first-order valence-electron chi connectivity index (χ1n) is 10.8. The average molecular weight is 488 g/mol. The van der Waals surface area contributed by atoms with Crippen molar-refractivity contribution in [2.75, 3.05) is 11.9 Å². The molecule has 2 aromatic heterocycles. The van der Waals surface area contributed by atoms with Crippen LogP contribution in [-0.4, -0.2) is 33.4 Å². The van der Waals surface area contributed by atoms with Gasteiger partial charge in [0.1, 0.15) is 5.82 Å². The molecule has 1 amide bonds. The highest BCUT2D eigenvalue weighted by atomic mass is 35.5. The van der Waals surface area contributed by atoms with Crippen molar-refractivity contribution in [3.8, 4) is 0 Å². The number of hydrogen-bond donors (Lipinski definition) is 3. The summed E-state index contributed by atoms with van der Waals surface area (Å²) in [7, 11) is 0. The van der Waals surface area contributed by atoms with Crippen molar-refractivity contribution < 1.29 is 18.0 Å². The minimum atomic E-state index is -4.52. The van der Waals surface area contributed by atoms with E-state index in [1.54, 1.807) is 24.3 Å². The zero-order valence-electron chi connectivity index (χ0n) is 17.9. The van der Waals surface area contributed by atoms with Crippen LogP contribution in [0.4, 0.5) is 19.0 Å². The third kappa shape index (κ3) is 4.35. The van der Waals surface area contributed by atoms with Gasteiger partial charge in [-0.3, -0.25) is 4.79 Å². The third-order valence-corrected chi connectivity index (χ3v) is 6.30. The van der Waals surface area contributed by atoms with Crippen LogP contribution in [0.15, 0.2) is 60.8 Å². The van der Waals surface area contributed by atoms with Crippen molar-refractivity contribution >= 4 is 34.2 Å². The number of nitrogens with one attached hydrogen (secondary N) is 3. The van der Waals surface area contributed by atoms with Gasteiger partial charge in [-0.25, -0.2) is 4.68 Å². The first-order chi connectivity index (χ1) is 16.3. The van der Waals surface area contributed by atoms with Gasteiger partial charge in [-0.1, -0.05) is 41.9 Å². The summed E-state index contributed by atoms with van der Waals surface area (Å²) >= 11 is 5.91. The lowest BCUT2D eigenvalue weighted by Crippen LogP contribution is -2.35. The number of amides is 1. The van der Waals surface area contributed by atoms with Crippen molar-refractivity contribution in [1.29, 1.82) is 0 Å². The predicted molar refractivity (Wildman–Crippen MR) is 124 cm³/mol. The predicted octanol–water partition coefficient (Wildman–Crippen LogP) is 5.65. The second-order valence-electron chi connectivity index (χ2n) is 8.27. The number of para-hydroxylation sites is 1. The van der Waals surface area contributed by atoms with E-state index in [0.29, 0.717) is 23.6 Å². The molecule has 3 heterocycles. The average Bonchev–Trinajstić information content (AvgIpc) is 3.42. The molecule has 2 aromatic carbocycles. The smallest absolute Gasteiger partial charge is 0.363 e. The summed E-state index contributed by atoms with van der Waals surface area (Å²) in [5.74, 6) is -0.372. The maximum absolute atomic E-state index is 13.9. The zero-order valence-corrected chi connectivity index (χ0v) is 18.6. The van der Waals surface area contributed by atoms with Crippen molar-refractivity contribution in [3.05, 3.63) is 82.6 Å². The molecule has 176 valence electrons. The Hall–Kier alpha value is -3.46. The Balaban J connectivity index is 1.32. The molecule has 1 aliphatic rings. The minimum Gasteiger partial charge on any atom is -0.363 e. The van der Waals surface area contributed by atoms with Crippen molar-refractivity contribution in [2.24, 2.45) is 0 Å². The van der Waals surface area contributed by atoms with Gasteiger partial charge in [-0.2, -0.15) is 18.3 Å². The number of rotatable bonds is 5. The molecule has 0 fully saturated rings. The summed E-state index contributed by atoms with van der Waals surface area (Å²) in [6, 6.07) is 13.4. The second-order valence-corrected chi connectivity index (χ2v) is 8.70. The lowest BCUT2D eigenvalue weighted by Gasteiger charge is -2.33. The molecule has 0 saturated carbocycles. The quantitative estimate of drug-likeness (QED) is 0.340. The summed E-state index contributed by atoms with van der Waals surface area (Å²) in [5.41, 5.74) is 2.66. The summed E-state index contributed by atoms with van der Waals surface area (Å²) in [5, 5.41) is 11.4. The van der Waals surface area contributed by atoms with E-state index in [1.165, 1.54) is 6.07 Å². The Morgan fingerprint density at radius 1 is 1.18 bits per heavy atom. The Morgan fingerprint density at radius 3 is 2.71 bits per heavy atom. The molecule has 6 nitrogen and oxygen atoms in total. The highest BCUT2D eigenvalue weighted by molar-refractivity contribution is 6.30. The molecule has 10 heteroatoms. The van der Waals surface area contributed by atoms with E-state index >= 15 is 0 Å². The van der Waals surface area contributed by atoms with Gasteiger partial charge >= 0.3 is 6.18 Å². The van der Waals surface area contributed by atoms with E-state index in [-0.39, 0.29) is 17.9 Å². The molecule has 0 radical (unpaired) electrons. The number of carbonyl (C=O) groups is 1. The molecule has 0 unspecified atom stereocenters. The number of fused-ring (bicyclic) bond motifs is 2. The third-order valence-electron chi connectivity index (χ3n) is 6.05. The Labute approximate surface area is 198 Å². The molecular formula is C24H21ClF3N5O. The maximum Gasteiger partial charge on any atom is 0.410 e. The van der Waals surface area contributed by atoms with E-state index in [1.807, 2.05) is 30.5 Å². The summed E-state index contributed by atoms with van der Waals surface area (Å²) in [4.78, 5) is 15.9. The number of nitrogens with zero attached hydrogens (tertiary/aromatic N) is 2. The Kier molecular flexibility index (Phi) is 5.73. The highest BCUT2D eigenvalue weighted by Gasteiger charge is 2.46. The molecule has 1 aliphatic heterocycles. The van der Waals surface area contributed by atoms with Gasteiger partial charge in [0, 0.05) is 41.2 Å². The molecule has 0 bridgehead atoms. The first-order valence-corrected chi connectivity index (χ1v) is 11.2. The van der Waals surface area contributed by atoms with Gasteiger partial charge in [-0.15, -0.1) is 0 Å². The monoisotopic (exact) mass is 487 g/mol. The molecule has 34 heavy (non-hydrogen) atoms. The second kappa shape index (κ2) is 8.72. The van der Waals surface area contributed by atoms with Crippen molar-refractivity contribution in [1.82, 2.24) is 20.1 Å². The molecular weight excluding hydrogens is 467 g/mol. The van der Waals surface area contributed by atoms with E-state index in [0.717, 1.165) is 21.1 Å². The van der Waals surface area contributed by atoms with Gasteiger partial charge in [-0.05, 0) is 35.7 Å². The SMILES string of the molecule is O=C(NCCc1c[nH]c2ccccc12)c1cc2n(n1)[C@H](C(F)(F)F)C[C@@H](c1ccc(Cl)cc1)N2. The number of aromatic amines is 1. The number of H-pyrrole nitrogens is 1. The maximum atomic E-state index is 13.9. The van der Waals surface area contributed by atoms with Crippen molar-refractivity contribution in [3.63, 3.8) is 0 Å². The van der Waals surface area contributed by atoms with Crippen LogP contribution in [0.25, 0.3) is 10.9 Å². The van der Waals surface area contributed by atoms with Crippen LogP contribution in [0.3, 0.4) is 0 Å². The van der Waals surface area contributed by atoms with Crippen LogP contribution in [0.2, 0.25) is 5.02 Å². The van der Waals surface area contributed by atoms with Gasteiger partial charge in [0.2, 0.25) is 0 Å². The molecule has 5 rings (SSSR count). The molecule has 3 N–H and O–H groups in total. The molecule has 2 atom stereocenters. The van der Waals surface area contributed by atoms with Crippen LogP contribution in [-0.2, 0) is 6.42 Å². The van der Waals surface area contributed by atoms with E-state index < -0.39 is 24.2 Å². The number of halogens is 4. The van der Waals surface area contributed by atoms with Gasteiger partial charge in [0.25, 0.3) is 5.91 Å². The van der Waals surface area contributed by atoms with E-state index in [2.05, 4.69) is 20.7 Å². The largest absolute Gasteiger partial charge is 0.410 e. The van der Waals surface area contributed by atoms with Crippen LogP contribution in [0, 0.1) is 0 Å². The topological polar surface area (TPSA) is 74.7 Å². The summed E-state index contributed by atoms with van der Waals surface area (Å²) < 4.78 is 42.4. The lowest BCUT2D eigenvalue weighted by molar-refractivity contribution is -0.173. The number of hydrogen-bond acceptors (Lipinski definition) is 3. The summed E-state index contributed by atoms with van der Waals surface area (Å²) in [6.45, 7) is 0.326. The number of carbonyl (C=O) groups excluding carboxylic acids is 1. The number of benzene rings is 2. The number of aromatic nitrogens is 3. The van der Waals surface area contributed by atoms with Crippen LogP contribution < -0.4 is 10.6 Å². The molecule has 0 aliphatic carbocycles. The van der Waals surface area contributed by atoms with Crippen LogP contribution in [0.1, 0.15) is 40.1 Å². The highest BCUT2D eigenvalue weighted by Crippen LogP contribution is 2.43. The van der Waals surface area contributed by atoms with E-state index in [4.69, 9.17) is 11.6 Å². The molecule has 0 saturated heterocycles. The fourth-order valence-corrected chi connectivity index (χ4v) is 4.46. The van der Waals surface area contributed by atoms with Crippen LogP contribution >= 0.6 is 11.6 Å². The van der Waals surface area contributed by atoms with Gasteiger partial charge < -0.3 is 15.6 Å². The minimum absolute atomic E-state index is 0.0626. The van der Waals surface area contributed by atoms with Crippen LogP contribution in [0.5, 0.6) is 0 Å². The summed E-state index contributed by atoms with van der Waals surface area (Å²) in [6.07, 6.45) is -2.30. The van der Waals surface area contributed by atoms with Gasteiger partial charge in [0.15, 0.2) is 11.7 Å². The van der Waals surface area contributed by atoms with E-state index in [9.17, 15) is 18.0 Å². The Morgan fingerprint density at radius 2 is 1.94 bits per heavy atom. The lowest BCUT2D eigenvalue weighted by atomic mass is 9.97. The first kappa shape index (κ1) is 22.3. The number of alkyl halides is 3. The van der Waals surface area contributed by atoms with Crippen molar-refractivity contribution in [2.45, 2.75) is 31.1 Å². The zero-order chi connectivity index (χ0) is 23.9. The number of anilines is 1. The fraction of sp³-hybridized carbons (Fsp3) is 0.250. The van der Waals surface area contributed by atoms with Gasteiger partial charge in [0.05, 0.1) is 6.04 Å². The normalized spacial score (nSPS) is 17.9.